The maximum Gasteiger partial charge on any atom is 0.133 e. The van der Waals surface area contributed by atoms with E-state index in [-0.39, 0.29) is 0 Å². The van der Waals surface area contributed by atoms with E-state index in [4.69, 9.17) is 9.47 Å². The Morgan fingerprint density at radius 2 is 1.88 bits per heavy atom. The largest absolute Gasteiger partial charge is 0.496 e. The zero-order valence-corrected chi connectivity index (χ0v) is 11.6. The van der Waals surface area contributed by atoms with Crippen molar-refractivity contribution in [3.8, 4) is 11.5 Å². The highest BCUT2D eigenvalue weighted by molar-refractivity contribution is 9.10. The zero-order valence-electron chi connectivity index (χ0n) is 9.97. The van der Waals surface area contributed by atoms with E-state index < -0.39 is 0 Å². The van der Waals surface area contributed by atoms with Gasteiger partial charge in [-0.3, -0.25) is 0 Å². The first kappa shape index (κ1) is 13.3. The normalized spacial score (nSPS) is 10.2. The summed E-state index contributed by atoms with van der Waals surface area (Å²) in [5.74, 6) is 1.75. The Morgan fingerprint density at radius 1 is 1.19 bits per heavy atom. The maximum absolute atomic E-state index is 5.35. The van der Waals surface area contributed by atoms with Crippen LogP contribution in [0.4, 0.5) is 0 Å². The van der Waals surface area contributed by atoms with Crippen LogP contribution >= 0.6 is 15.9 Å². The lowest BCUT2D eigenvalue weighted by molar-refractivity contribution is 0.396. The van der Waals surface area contributed by atoms with Crippen LogP contribution in [0.1, 0.15) is 12.0 Å². The van der Waals surface area contributed by atoms with E-state index >= 15 is 0 Å². The SMILES string of the molecule is CNCCCc1cc(OC)c(Br)cc1OC. The Hall–Kier alpha value is -0.740. The van der Waals surface area contributed by atoms with Crippen molar-refractivity contribution < 1.29 is 9.47 Å². The zero-order chi connectivity index (χ0) is 12.0. The lowest BCUT2D eigenvalue weighted by Gasteiger charge is -2.12. The number of ether oxygens (including phenoxy) is 2. The van der Waals surface area contributed by atoms with Crippen molar-refractivity contribution in [2.75, 3.05) is 27.8 Å². The van der Waals surface area contributed by atoms with Crippen molar-refractivity contribution >= 4 is 15.9 Å². The summed E-state index contributed by atoms with van der Waals surface area (Å²) in [5.41, 5.74) is 1.18. The molecule has 0 aliphatic heterocycles. The number of nitrogens with one attached hydrogen (secondary N) is 1. The standard InChI is InChI=1S/C12H18BrNO2/c1-14-6-4-5-9-7-12(16-3)10(13)8-11(9)15-2/h7-8,14H,4-6H2,1-3H3. The first-order chi connectivity index (χ1) is 7.72. The summed E-state index contributed by atoms with van der Waals surface area (Å²) < 4.78 is 11.5. The van der Waals surface area contributed by atoms with Crippen LogP contribution in [0, 0.1) is 0 Å². The molecule has 0 atom stereocenters. The highest BCUT2D eigenvalue weighted by Crippen LogP contribution is 2.33. The van der Waals surface area contributed by atoms with Gasteiger partial charge in [0, 0.05) is 0 Å². The molecule has 0 bridgehead atoms. The molecule has 1 aromatic carbocycles. The number of halogens is 1. The summed E-state index contributed by atoms with van der Waals surface area (Å²) in [6.07, 6.45) is 2.06. The summed E-state index contributed by atoms with van der Waals surface area (Å²) >= 11 is 3.45. The number of hydrogen-bond donors (Lipinski definition) is 1. The van der Waals surface area contributed by atoms with Crippen LogP contribution in [0.15, 0.2) is 16.6 Å². The predicted molar refractivity (Wildman–Crippen MR) is 69.5 cm³/mol. The molecule has 4 heteroatoms. The van der Waals surface area contributed by atoms with Crippen LogP contribution < -0.4 is 14.8 Å². The smallest absolute Gasteiger partial charge is 0.133 e. The van der Waals surface area contributed by atoms with Gasteiger partial charge in [-0.25, -0.2) is 0 Å². The minimum atomic E-state index is 0.847. The summed E-state index contributed by atoms with van der Waals surface area (Å²) in [7, 11) is 5.32. The fraction of sp³-hybridized carbons (Fsp3) is 0.500. The van der Waals surface area contributed by atoms with Gasteiger partial charge in [0.25, 0.3) is 0 Å². The summed E-state index contributed by atoms with van der Waals surface area (Å²) in [6, 6.07) is 3.98. The van der Waals surface area contributed by atoms with Crippen molar-refractivity contribution in [2.45, 2.75) is 12.8 Å². The Morgan fingerprint density at radius 3 is 2.44 bits per heavy atom. The highest BCUT2D eigenvalue weighted by atomic mass is 79.9. The van der Waals surface area contributed by atoms with Gasteiger partial charge in [0.05, 0.1) is 18.7 Å². The minimum Gasteiger partial charge on any atom is -0.496 e. The first-order valence-electron chi connectivity index (χ1n) is 5.28. The third-order valence-electron chi connectivity index (χ3n) is 2.43. The fourth-order valence-electron chi connectivity index (χ4n) is 1.57. The van der Waals surface area contributed by atoms with Gasteiger partial charge in [0.2, 0.25) is 0 Å². The number of rotatable bonds is 6. The van der Waals surface area contributed by atoms with E-state index in [1.807, 2.05) is 19.2 Å². The molecule has 1 rings (SSSR count). The maximum atomic E-state index is 5.35. The average molecular weight is 288 g/mol. The molecule has 1 N–H and O–H groups in total. The lowest BCUT2D eigenvalue weighted by atomic mass is 10.1. The van der Waals surface area contributed by atoms with Crippen LogP contribution in [0.5, 0.6) is 11.5 Å². The van der Waals surface area contributed by atoms with E-state index in [0.717, 1.165) is 35.4 Å². The monoisotopic (exact) mass is 287 g/mol. The molecule has 0 saturated carbocycles. The highest BCUT2D eigenvalue weighted by Gasteiger charge is 2.08. The molecule has 0 spiro atoms. The minimum absolute atomic E-state index is 0.847. The molecule has 1 aromatic rings. The van der Waals surface area contributed by atoms with Crippen molar-refractivity contribution in [3.63, 3.8) is 0 Å². The quantitative estimate of drug-likeness (QED) is 0.816. The molecule has 16 heavy (non-hydrogen) atoms. The third-order valence-corrected chi connectivity index (χ3v) is 3.05. The molecule has 0 saturated heterocycles. The van der Waals surface area contributed by atoms with Crippen LogP contribution in [0.2, 0.25) is 0 Å². The molecule has 0 unspecified atom stereocenters. The van der Waals surface area contributed by atoms with Crippen LogP contribution in [0.25, 0.3) is 0 Å². The second-order valence-electron chi connectivity index (χ2n) is 3.51. The van der Waals surface area contributed by atoms with Gasteiger partial charge in [-0.05, 0) is 60.1 Å². The van der Waals surface area contributed by atoms with Crippen molar-refractivity contribution in [1.82, 2.24) is 5.32 Å². The van der Waals surface area contributed by atoms with E-state index in [1.54, 1.807) is 14.2 Å². The summed E-state index contributed by atoms with van der Waals surface area (Å²) in [5, 5.41) is 3.13. The van der Waals surface area contributed by atoms with Gasteiger partial charge in [-0.2, -0.15) is 0 Å². The molecule has 0 aromatic heterocycles. The van der Waals surface area contributed by atoms with Crippen molar-refractivity contribution in [3.05, 3.63) is 22.2 Å². The third kappa shape index (κ3) is 3.39. The van der Waals surface area contributed by atoms with E-state index in [0.29, 0.717) is 0 Å². The molecule has 90 valence electrons. The molecule has 0 heterocycles. The second-order valence-corrected chi connectivity index (χ2v) is 4.36. The van der Waals surface area contributed by atoms with Crippen molar-refractivity contribution in [1.29, 1.82) is 0 Å². The topological polar surface area (TPSA) is 30.5 Å². The van der Waals surface area contributed by atoms with E-state index in [1.165, 1.54) is 5.56 Å². The van der Waals surface area contributed by atoms with Crippen LogP contribution in [-0.4, -0.2) is 27.8 Å². The van der Waals surface area contributed by atoms with Crippen LogP contribution in [0.3, 0.4) is 0 Å². The Bertz CT molecular complexity index is 342. The fourth-order valence-corrected chi connectivity index (χ4v) is 2.06. The van der Waals surface area contributed by atoms with Crippen molar-refractivity contribution in [2.24, 2.45) is 0 Å². The molecule has 0 aliphatic rings. The molecular formula is C12H18BrNO2. The van der Waals surface area contributed by atoms with Gasteiger partial charge >= 0.3 is 0 Å². The number of methoxy groups -OCH3 is 2. The molecule has 0 fully saturated rings. The van der Waals surface area contributed by atoms with Gasteiger partial charge in [0.15, 0.2) is 0 Å². The Kier molecular flexibility index (Phi) is 5.63. The van der Waals surface area contributed by atoms with E-state index in [9.17, 15) is 0 Å². The Balaban J connectivity index is 2.86. The van der Waals surface area contributed by atoms with Crippen LogP contribution in [-0.2, 0) is 6.42 Å². The number of hydrogen-bond acceptors (Lipinski definition) is 3. The average Bonchev–Trinajstić information content (AvgIpc) is 2.30. The van der Waals surface area contributed by atoms with Gasteiger partial charge in [-0.15, -0.1) is 0 Å². The molecule has 0 aliphatic carbocycles. The first-order valence-corrected chi connectivity index (χ1v) is 6.07. The predicted octanol–water partition coefficient (Wildman–Crippen LogP) is 2.62. The number of aryl methyl sites for hydroxylation is 1. The second kappa shape index (κ2) is 6.76. The molecule has 0 radical (unpaired) electrons. The van der Waals surface area contributed by atoms with E-state index in [2.05, 4.69) is 21.2 Å². The molecule has 3 nitrogen and oxygen atoms in total. The lowest BCUT2D eigenvalue weighted by Crippen LogP contribution is -2.08. The Labute approximate surface area is 105 Å². The van der Waals surface area contributed by atoms with Gasteiger partial charge < -0.3 is 14.8 Å². The van der Waals surface area contributed by atoms with Gasteiger partial charge in [0.1, 0.15) is 11.5 Å². The summed E-state index contributed by atoms with van der Waals surface area (Å²) in [4.78, 5) is 0. The van der Waals surface area contributed by atoms with Gasteiger partial charge in [-0.1, -0.05) is 0 Å². The molecule has 0 amide bonds. The number of benzene rings is 1. The molecular weight excluding hydrogens is 270 g/mol. The summed E-state index contributed by atoms with van der Waals surface area (Å²) in [6.45, 7) is 1.00.